The van der Waals surface area contributed by atoms with Crippen molar-refractivity contribution in [1.29, 1.82) is 0 Å². The first kappa shape index (κ1) is 13.4. The van der Waals surface area contributed by atoms with Gasteiger partial charge in [-0.15, -0.1) is 13.2 Å². The first-order chi connectivity index (χ1) is 7.76. The van der Waals surface area contributed by atoms with Gasteiger partial charge in [0.1, 0.15) is 11.3 Å². The highest BCUT2D eigenvalue weighted by molar-refractivity contribution is 6.35. The van der Waals surface area contributed by atoms with Crippen molar-refractivity contribution < 1.29 is 27.4 Å². The third kappa shape index (κ3) is 3.16. The molecule has 0 aromatic heterocycles. The topological polar surface area (TPSA) is 61.5 Å². The van der Waals surface area contributed by atoms with E-state index in [-0.39, 0.29) is 11.3 Å². The Balaban J connectivity index is 3.24. The number of carbonyl (C=O) groups excluding carboxylic acids is 1. The minimum atomic E-state index is -4.91. The van der Waals surface area contributed by atoms with E-state index in [1.807, 2.05) is 0 Å². The highest BCUT2D eigenvalue weighted by Gasteiger charge is 2.33. The Bertz CT molecular complexity index is 448. The van der Waals surface area contributed by atoms with Crippen LogP contribution in [-0.2, 0) is 4.74 Å². The van der Waals surface area contributed by atoms with Gasteiger partial charge in [0.2, 0.25) is 0 Å². The van der Waals surface area contributed by atoms with Crippen molar-refractivity contribution in [2.75, 3.05) is 12.8 Å². The van der Waals surface area contributed by atoms with Crippen molar-refractivity contribution in [1.82, 2.24) is 0 Å². The molecule has 4 nitrogen and oxygen atoms in total. The van der Waals surface area contributed by atoms with E-state index in [2.05, 4.69) is 9.47 Å². The number of nitrogen functional groups attached to an aromatic ring is 1. The van der Waals surface area contributed by atoms with Gasteiger partial charge >= 0.3 is 12.3 Å². The lowest BCUT2D eigenvalue weighted by Crippen LogP contribution is -2.18. The van der Waals surface area contributed by atoms with Gasteiger partial charge in [-0.2, -0.15) is 0 Å². The maximum absolute atomic E-state index is 12.0. The highest BCUT2D eigenvalue weighted by Crippen LogP contribution is 2.35. The van der Waals surface area contributed by atoms with E-state index < -0.39 is 23.1 Å². The maximum Gasteiger partial charge on any atom is 0.573 e. The number of methoxy groups -OCH3 is 1. The molecule has 0 aliphatic heterocycles. The van der Waals surface area contributed by atoms with Crippen LogP contribution in [0.15, 0.2) is 12.1 Å². The van der Waals surface area contributed by atoms with E-state index in [0.717, 1.165) is 19.2 Å². The van der Waals surface area contributed by atoms with E-state index in [4.69, 9.17) is 17.3 Å². The molecule has 1 aromatic carbocycles. The predicted molar refractivity (Wildman–Crippen MR) is 53.9 cm³/mol. The minimum absolute atomic E-state index is 0.101. The summed E-state index contributed by atoms with van der Waals surface area (Å²) < 4.78 is 44.0. The largest absolute Gasteiger partial charge is 0.573 e. The number of hydrogen-bond acceptors (Lipinski definition) is 4. The standard InChI is InChI=1S/C9H7ClF3NO3/c1-16-8(15)6-4(14)2-3-5(7(6)10)17-9(11,12)13/h2-3H,14H2,1H3. The minimum Gasteiger partial charge on any atom is -0.465 e. The zero-order valence-electron chi connectivity index (χ0n) is 8.47. The SMILES string of the molecule is COC(=O)c1c(N)ccc(OC(F)(F)F)c1Cl. The maximum atomic E-state index is 12.0. The van der Waals surface area contributed by atoms with Gasteiger partial charge in [-0.05, 0) is 12.1 Å². The summed E-state index contributed by atoms with van der Waals surface area (Å²) in [6.45, 7) is 0. The first-order valence-corrected chi connectivity index (χ1v) is 4.56. The normalized spacial score (nSPS) is 11.1. The van der Waals surface area contributed by atoms with Gasteiger partial charge in [-0.25, -0.2) is 4.79 Å². The molecule has 0 aliphatic carbocycles. The lowest BCUT2D eigenvalue weighted by atomic mass is 10.1. The van der Waals surface area contributed by atoms with Gasteiger partial charge < -0.3 is 15.2 Å². The van der Waals surface area contributed by atoms with Gasteiger partial charge in [0.25, 0.3) is 0 Å². The number of nitrogens with two attached hydrogens (primary N) is 1. The Hall–Kier alpha value is -1.63. The van der Waals surface area contributed by atoms with Crippen LogP contribution in [0.2, 0.25) is 5.02 Å². The van der Waals surface area contributed by atoms with Crippen molar-refractivity contribution in [3.63, 3.8) is 0 Å². The number of anilines is 1. The summed E-state index contributed by atoms with van der Waals surface area (Å²) in [5.74, 6) is -1.66. The Kier molecular flexibility index (Phi) is 3.72. The molecule has 0 aliphatic rings. The van der Waals surface area contributed by atoms with Crippen LogP contribution in [0.5, 0.6) is 5.75 Å². The Morgan fingerprint density at radius 2 is 2.00 bits per heavy atom. The third-order valence-electron chi connectivity index (χ3n) is 1.75. The molecule has 0 unspecified atom stereocenters. The van der Waals surface area contributed by atoms with E-state index in [0.29, 0.717) is 0 Å². The van der Waals surface area contributed by atoms with Gasteiger partial charge in [0.05, 0.1) is 12.1 Å². The fraction of sp³-hybridized carbons (Fsp3) is 0.222. The summed E-state index contributed by atoms with van der Waals surface area (Å²) in [5, 5.41) is -0.547. The number of rotatable bonds is 2. The second-order valence-electron chi connectivity index (χ2n) is 2.88. The number of ether oxygens (including phenoxy) is 2. The fourth-order valence-electron chi connectivity index (χ4n) is 1.08. The summed E-state index contributed by atoms with van der Waals surface area (Å²) in [6.07, 6.45) is -4.91. The molecule has 17 heavy (non-hydrogen) atoms. The van der Waals surface area contributed by atoms with E-state index in [1.54, 1.807) is 0 Å². The Labute approximate surface area is 99.1 Å². The van der Waals surface area contributed by atoms with Crippen molar-refractivity contribution in [2.45, 2.75) is 6.36 Å². The number of benzene rings is 1. The molecule has 0 atom stereocenters. The highest BCUT2D eigenvalue weighted by atomic mass is 35.5. The lowest BCUT2D eigenvalue weighted by Gasteiger charge is -2.13. The Morgan fingerprint density at radius 1 is 1.41 bits per heavy atom. The molecule has 0 spiro atoms. The lowest BCUT2D eigenvalue weighted by molar-refractivity contribution is -0.274. The summed E-state index contributed by atoms with van der Waals surface area (Å²) in [4.78, 5) is 11.2. The summed E-state index contributed by atoms with van der Waals surface area (Å²) in [6, 6.07) is 1.98. The predicted octanol–water partition coefficient (Wildman–Crippen LogP) is 2.61. The third-order valence-corrected chi connectivity index (χ3v) is 2.13. The van der Waals surface area contributed by atoms with Crippen LogP contribution >= 0.6 is 11.6 Å². The van der Waals surface area contributed by atoms with E-state index in [9.17, 15) is 18.0 Å². The number of esters is 1. The van der Waals surface area contributed by atoms with Crippen LogP contribution in [0.4, 0.5) is 18.9 Å². The molecule has 0 saturated carbocycles. The molecule has 0 saturated heterocycles. The molecule has 0 fully saturated rings. The zero-order chi connectivity index (χ0) is 13.2. The van der Waals surface area contributed by atoms with Gasteiger partial charge in [-0.3, -0.25) is 0 Å². The Morgan fingerprint density at radius 3 is 2.47 bits per heavy atom. The van der Waals surface area contributed by atoms with E-state index >= 15 is 0 Å². The second kappa shape index (κ2) is 4.70. The van der Waals surface area contributed by atoms with Gasteiger partial charge in [0.15, 0.2) is 0 Å². The average molecular weight is 270 g/mol. The molecule has 1 aromatic rings. The molecule has 2 N–H and O–H groups in total. The van der Waals surface area contributed by atoms with E-state index in [1.165, 1.54) is 0 Å². The van der Waals surface area contributed by atoms with Crippen molar-refractivity contribution >= 4 is 23.3 Å². The second-order valence-corrected chi connectivity index (χ2v) is 3.26. The molecule has 0 radical (unpaired) electrons. The molecule has 0 bridgehead atoms. The monoisotopic (exact) mass is 269 g/mol. The van der Waals surface area contributed by atoms with Crippen LogP contribution in [0.3, 0.4) is 0 Å². The fourth-order valence-corrected chi connectivity index (χ4v) is 1.37. The number of carbonyl (C=O) groups is 1. The van der Waals surface area contributed by atoms with Crippen LogP contribution in [-0.4, -0.2) is 19.4 Å². The summed E-state index contributed by atoms with van der Waals surface area (Å²) >= 11 is 5.59. The molecular formula is C9H7ClF3NO3. The van der Waals surface area contributed by atoms with Crippen LogP contribution in [0.25, 0.3) is 0 Å². The molecule has 0 heterocycles. The van der Waals surface area contributed by atoms with Crippen LogP contribution in [0, 0.1) is 0 Å². The van der Waals surface area contributed by atoms with Crippen molar-refractivity contribution in [3.05, 3.63) is 22.7 Å². The quantitative estimate of drug-likeness (QED) is 0.662. The molecule has 0 amide bonds. The number of halogens is 4. The zero-order valence-corrected chi connectivity index (χ0v) is 9.22. The molecule has 94 valence electrons. The molecular weight excluding hydrogens is 263 g/mol. The van der Waals surface area contributed by atoms with Crippen molar-refractivity contribution in [2.24, 2.45) is 0 Å². The van der Waals surface area contributed by atoms with Crippen LogP contribution in [0.1, 0.15) is 10.4 Å². The number of hydrogen-bond donors (Lipinski definition) is 1. The molecule has 8 heteroatoms. The average Bonchev–Trinajstić information content (AvgIpc) is 2.20. The summed E-state index contributed by atoms with van der Waals surface area (Å²) in [7, 11) is 1.05. The van der Waals surface area contributed by atoms with Gasteiger partial charge in [-0.1, -0.05) is 11.6 Å². The summed E-state index contributed by atoms with van der Waals surface area (Å²) in [5.41, 5.74) is 4.94. The smallest absolute Gasteiger partial charge is 0.465 e. The molecule has 1 rings (SSSR count). The van der Waals surface area contributed by atoms with Crippen molar-refractivity contribution in [3.8, 4) is 5.75 Å². The number of alkyl halides is 3. The van der Waals surface area contributed by atoms with Gasteiger partial charge in [0, 0.05) is 5.69 Å². The van der Waals surface area contributed by atoms with Crippen LogP contribution < -0.4 is 10.5 Å². The first-order valence-electron chi connectivity index (χ1n) is 4.18.